The van der Waals surface area contributed by atoms with Crippen LogP contribution in [-0.2, 0) is 4.79 Å². The van der Waals surface area contributed by atoms with E-state index in [1.807, 2.05) is 0 Å². The zero-order chi connectivity index (χ0) is 20.1. The molecule has 0 radical (unpaired) electrons. The largest absolute Gasteiger partial charge is 0.311 e. The van der Waals surface area contributed by atoms with Crippen molar-refractivity contribution in [2.45, 2.75) is 83.7 Å². The van der Waals surface area contributed by atoms with Gasteiger partial charge in [0.2, 0.25) is 11.7 Å². The zero-order valence-electron chi connectivity index (χ0n) is 18.3. The van der Waals surface area contributed by atoms with E-state index >= 15 is 0 Å². The monoisotopic (exact) mass is 397 g/mol. The average molecular weight is 398 g/mol. The van der Waals surface area contributed by atoms with Crippen molar-refractivity contribution < 1.29 is 4.79 Å². The molecule has 29 heavy (non-hydrogen) atoms. The van der Waals surface area contributed by atoms with Gasteiger partial charge >= 0.3 is 0 Å². The zero-order valence-corrected chi connectivity index (χ0v) is 18.3. The molecule has 1 aromatic rings. The first kappa shape index (κ1) is 19.5. The van der Waals surface area contributed by atoms with Crippen LogP contribution in [0, 0.1) is 12.3 Å². The molecule has 3 atom stereocenters. The topological polar surface area (TPSA) is 45.2 Å². The van der Waals surface area contributed by atoms with Gasteiger partial charge in [-0.05, 0) is 39.2 Å². The molecule has 4 fully saturated rings. The Kier molecular flexibility index (Phi) is 4.94. The number of aromatic nitrogens is 1. The average Bonchev–Trinajstić information content (AvgIpc) is 3.45. The number of likely N-dealkylation sites (tertiary alicyclic amines) is 1. The molecule has 4 heterocycles. The summed E-state index contributed by atoms with van der Waals surface area (Å²) in [7, 11) is 0. The highest BCUT2D eigenvalue weighted by atomic mass is 16.2. The number of anilines is 1. The first-order chi connectivity index (χ1) is 14.1. The second-order valence-corrected chi connectivity index (χ2v) is 10.1. The van der Waals surface area contributed by atoms with Crippen molar-refractivity contribution in [1.82, 2.24) is 14.8 Å². The van der Waals surface area contributed by atoms with Gasteiger partial charge in [0.25, 0.3) is 0 Å². The molecule has 0 aromatic carbocycles. The van der Waals surface area contributed by atoms with Crippen LogP contribution in [0.2, 0.25) is 0 Å². The minimum absolute atomic E-state index is 0.0733. The van der Waals surface area contributed by atoms with Crippen LogP contribution in [0.3, 0.4) is 0 Å². The maximum absolute atomic E-state index is 13.4. The molecule has 1 N–H and O–H groups in total. The highest BCUT2D eigenvalue weighted by molar-refractivity contribution is 6.00. The second kappa shape index (κ2) is 7.35. The molecule has 3 saturated heterocycles. The van der Waals surface area contributed by atoms with Crippen LogP contribution >= 0.6 is 0 Å². The number of hydrogen-bond donors (Lipinski definition) is 1. The Morgan fingerprint density at radius 3 is 2.62 bits per heavy atom. The minimum atomic E-state index is -0.0733. The summed E-state index contributed by atoms with van der Waals surface area (Å²) in [4.78, 5) is 20.6. The standard InChI is InChI=1S/C24H37N4O/c1-18-7-6-16-28(18,20-10-14-25-17-20)22-9-8-21(19(2)26-22)27-15-13-24(23(27)29)11-4-3-5-12-24/h8-9,18,20,25H,3-7,10-17H2,1-2H3/q+1/t18-,20+,28?/m0/s1. The quantitative estimate of drug-likeness (QED) is 0.786. The second-order valence-electron chi connectivity index (χ2n) is 10.1. The van der Waals surface area contributed by atoms with Gasteiger partial charge in [-0.1, -0.05) is 19.3 Å². The molecular weight excluding hydrogens is 360 g/mol. The smallest absolute Gasteiger partial charge is 0.233 e. The van der Waals surface area contributed by atoms with E-state index in [1.54, 1.807) is 0 Å². The van der Waals surface area contributed by atoms with Crippen LogP contribution in [0.4, 0.5) is 11.5 Å². The number of hydrogen-bond acceptors (Lipinski definition) is 3. The van der Waals surface area contributed by atoms with Gasteiger partial charge in [-0.3, -0.25) is 9.28 Å². The Bertz CT molecular complexity index is 781. The molecule has 1 unspecified atom stereocenters. The molecule has 0 bridgehead atoms. The minimum Gasteiger partial charge on any atom is -0.311 e. The number of quaternary nitrogens is 1. The van der Waals surface area contributed by atoms with Gasteiger partial charge in [0.05, 0.1) is 29.4 Å². The fourth-order valence-corrected chi connectivity index (χ4v) is 7.00. The number of aryl methyl sites for hydroxylation is 1. The third kappa shape index (κ3) is 2.96. The SMILES string of the molecule is Cc1nc([N+]2([C@@H]3CCNC3)CCC[C@@H]2C)ccc1N1CCC2(CCCCC2)C1=O. The van der Waals surface area contributed by atoms with Crippen LogP contribution in [-0.4, -0.2) is 49.2 Å². The maximum Gasteiger partial charge on any atom is 0.233 e. The van der Waals surface area contributed by atoms with E-state index in [1.165, 1.54) is 50.9 Å². The summed E-state index contributed by atoms with van der Waals surface area (Å²) in [5.74, 6) is 1.59. The molecule has 5 rings (SSSR count). The van der Waals surface area contributed by atoms with Crippen molar-refractivity contribution in [3.63, 3.8) is 0 Å². The molecule has 1 saturated carbocycles. The molecule has 5 heteroatoms. The highest BCUT2D eigenvalue weighted by Gasteiger charge is 2.50. The van der Waals surface area contributed by atoms with Gasteiger partial charge in [-0.2, -0.15) is 4.98 Å². The summed E-state index contributed by atoms with van der Waals surface area (Å²) in [5, 5.41) is 3.58. The molecule has 1 amide bonds. The molecule has 4 aliphatic rings. The Morgan fingerprint density at radius 2 is 1.97 bits per heavy atom. The number of pyridine rings is 1. The third-order valence-electron chi connectivity index (χ3n) is 8.71. The normalized spacial score (nSPS) is 34.4. The molecule has 158 valence electrons. The predicted molar refractivity (Wildman–Crippen MR) is 118 cm³/mol. The lowest BCUT2D eigenvalue weighted by atomic mass is 9.73. The lowest BCUT2D eigenvalue weighted by Crippen LogP contribution is -2.60. The van der Waals surface area contributed by atoms with Crippen molar-refractivity contribution in [3.8, 4) is 0 Å². The maximum atomic E-state index is 13.4. The fraction of sp³-hybridized carbons (Fsp3) is 0.750. The molecule has 1 spiro atoms. The fourth-order valence-electron chi connectivity index (χ4n) is 7.00. The van der Waals surface area contributed by atoms with Gasteiger partial charge in [0, 0.05) is 45.0 Å². The van der Waals surface area contributed by atoms with Crippen molar-refractivity contribution in [1.29, 1.82) is 0 Å². The van der Waals surface area contributed by atoms with Crippen molar-refractivity contribution >= 4 is 17.4 Å². The van der Waals surface area contributed by atoms with Crippen molar-refractivity contribution in [2.75, 3.05) is 31.1 Å². The summed E-state index contributed by atoms with van der Waals surface area (Å²) >= 11 is 0. The van der Waals surface area contributed by atoms with Crippen LogP contribution in [0.25, 0.3) is 0 Å². The van der Waals surface area contributed by atoms with E-state index in [0.717, 1.165) is 54.8 Å². The molecule has 1 aliphatic carbocycles. The number of rotatable bonds is 3. The van der Waals surface area contributed by atoms with Gasteiger partial charge in [-0.25, -0.2) is 0 Å². The number of carbonyl (C=O) groups excluding carboxylic acids is 1. The van der Waals surface area contributed by atoms with Gasteiger partial charge in [0.15, 0.2) is 0 Å². The predicted octanol–water partition coefficient (Wildman–Crippen LogP) is 3.93. The van der Waals surface area contributed by atoms with Gasteiger partial charge in [-0.15, -0.1) is 0 Å². The first-order valence-corrected chi connectivity index (χ1v) is 12.0. The van der Waals surface area contributed by atoms with E-state index in [9.17, 15) is 4.79 Å². The Balaban J connectivity index is 1.45. The summed E-state index contributed by atoms with van der Waals surface area (Å²) in [5.41, 5.74) is 2.01. The van der Waals surface area contributed by atoms with Gasteiger partial charge < -0.3 is 10.2 Å². The third-order valence-corrected chi connectivity index (χ3v) is 8.71. The van der Waals surface area contributed by atoms with Crippen LogP contribution in [0.1, 0.15) is 70.4 Å². The van der Waals surface area contributed by atoms with Crippen LogP contribution in [0.5, 0.6) is 0 Å². The van der Waals surface area contributed by atoms with Crippen molar-refractivity contribution in [2.24, 2.45) is 5.41 Å². The van der Waals surface area contributed by atoms with E-state index in [-0.39, 0.29) is 5.41 Å². The summed E-state index contributed by atoms with van der Waals surface area (Å²) in [6.45, 7) is 8.81. The summed E-state index contributed by atoms with van der Waals surface area (Å²) < 4.78 is 1.03. The Labute approximate surface area is 175 Å². The lowest BCUT2D eigenvalue weighted by molar-refractivity contribution is -0.127. The van der Waals surface area contributed by atoms with E-state index < -0.39 is 0 Å². The number of nitrogens with one attached hydrogen (secondary N) is 1. The molecule has 1 aromatic heterocycles. The Morgan fingerprint density at radius 1 is 1.14 bits per heavy atom. The van der Waals surface area contributed by atoms with Crippen molar-refractivity contribution in [3.05, 3.63) is 17.8 Å². The molecule has 5 nitrogen and oxygen atoms in total. The van der Waals surface area contributed by atoms with Crippen LogP contribution < -0.4 is 14.7 Å². The molecular formula is C24H37N4O+. The molecule has 3 aliphatic heterocycles. The Hall–Kier alpha value is -1.46. The van der Waals surface area contributed by atoms with Crippen LogP contribution in [0.15, 0.2) is 12.1 Å². The number of carbonyl (C=O) groups is 1. The lowest BCUT2D eigenvalue weighted by Gasteiger charge is -2.42. The highest BCUT2D eigenvalue weighted by Crippen LogP contribution is 2.47. The van der Waals surface area contributed by atoms with E-state index in [2.05, 4.69) is 36.2 Å². The summed E-state index contributed by atoms with van der Waals surface area (Å²) in [6, 6.07) is 5.72. The number of amides is 1. The van der Waals surface area contributed by atoms with E-state index in [4.69, 9.17) is 4.98 Å². The van der Waals surface area contributed by atoms with E-state index in [0.29, 0.717) is 18.0 Å². The number of nitrogens with zero attached hydrogens (tertiary/aromatic N) is 3. The van der Waals surface area contributed by atoms with Gasteiger partial charge in [0.1, 0.15) is 6.04 Å². The first-order valence-electron chi connectivity index (χ1n) is 12.0. The summed E-state index contributed by atoms with van der Waals surface area (Å²) in [6.07, 6.45) is 10.7.